The van der Waals surface area contributed by atoms with Gasteiger partial charge in [0.2, 0.25) is 17.7 Å². The molecule has 6 N–H and O–H groups in total. The third kappa shape index (κ3) is 6.55. The summed E-state index contributed by atoms with van der Waals surface area (Å²) in [6.45, 7) is 5.64. The Morgan fingerprint density at radius 1 is 1.17 bits per heavy atom. The summed E-state index contributed by atoms with van der Waals surface area (Å²) >= 11 is 0. The lowest BCUT2D eigenvalue weighted by atomic mass is 10.0. The Morgan fingerprint density at radius 3 is 2.43 bits per heavy atom. The van der Waals surface area contributed by atoms with Gasteiger partial charge in [-0.2, -0.15) is 0 Å². The summed E-state index contributed by atoms with van der Waals surface area (Å²) in [5, 5.41) is 20.1. The van der Waals surface area contributed by atoms with E-state index in [0.717, 1.165) is 13.0 Å². The van der Waals surface area contributed by atoms with E-state index < -0.39 is 35.9 Å². The van der Waals surface area contributed by atoms with Crippen molar-refractivity contribution in [3.8, 4) is 0 Å². The molecule has 2 heterocycles. The number of nitrogens with zero attached hydrogens (tertiary/aromatic N) is 1. The number of nitrogens with one attached hydrogen (secondary N) is 5. The van der Waals surface area contributed by atoms with Crippen LogP contribution >= 0.6 is 0 Å². The largest absolute Gasteiger partial charge is 0.480 e. The Morgan fingerprint density at radius 2 is 1.90 bits per heavy atom. The number of hydrogen-bond acceptors (Lipinski definition) is 6. The molecule has 166 valence electrons. The second-order valence-corrected chi connectivity index (χ2v) is 7.79. The molecule has 1 fully saturated rings. The van der Waals surface area contributed by atoms with Gasteiger partial charge in [0.15, 0.2) is 0 Å². The van der Waals surface area contributed by atoms with E-state index in [2.05, 4.69) is 31.2 Å². The zero-order valence-electron chi connectivity index (χ0n) is 17.4. The maximum absolute atomic E-state index is 12.8. The minimum atomic E-state index is -1.16. The van der Waals surface area contributed by atoms with Gasteiger partial charge in [-0.15, -0.1) is 0 Å². The molecule has 3 amide bonds. The van der Waals surface area contributed by atoms with Crippen molar-refractivity contribution in [2.45, 2.75) is 64.2 Å². The monoisotopic (exact) mass is 422 g/mol. The molecule has 4 unspecified atom stereocenters. The van der Waals surface area contributed by atoms with Crippen LogP contribution in [0.3, 0.4) is 0 Å². The minimum Gasteiger partial charge on any atom is -0.480 e. The highest BCUT2D eigenvalue weighted by Crippen LogP contribution is 2.07. The number of H-pyrrole nitrogens is 1. The van der Waals surface area contributed by atoms with Crippen molar-refractivity contribution in [3.05, 3.63) is 18.2 Å². The zero-order chi connectivity index (χ0) is 22.3. The van der Waals surface area contributed by atoms with Gasteiger partial charge in [0.25, 0.3) is 0 Å². The number of aliphatic carboxylic acids is 1. The zero-order valence-corrected chi connectivity index (χ0v) is 17.4. The predicted octanol–water partition coefficient (Wildman–Crippen LogP) is -1.08. The first-order chi connectivity index (χ1) is 14.2. The molecule has 1 aliphatic heterocycles. The van der Waals surface area contributed by atoms with E-state index in [9.17, 15) is 24.3 Å². The van der Waals surface area contributed by atoms with Crippen LogP contribution in [0.2, 0.25) is 0 Å². The Labute approximate surface area is 174 Å². The number of imidazole rings is 1. The molecule has 1 aliphatic rings. The van der Waals surface area contributed by atoms with Gasteiger partial charge >= 0.3 is 5.97 Å². The number of carboxylic acids is 1. The Kier molecular flexibility index (Phi) is 8.34. The molecular weight excluding hydrogens is 392 g/mol. The lowest BCUT2D eigenvalue weighted by molar-refractivity contribution is -0.143. The summed E-state index contributed by atoms with van der Waals surface area (Å²) in [5.41, 5.74) is 0.596. The molecule has 2 rings (SSSR count). The fourth-order valence-electron chi connectivity index (χ4n) is 3.18. The fourth-order valence-corrected chi connectivity index (χ4v) is 3.18. The van der Waals surface area contributed by atoms with Crippen LogP contribution in [0.15, 0.2) is 12.5 Å². The predicted molar refractivity (Wildman–Crippen MR) is 107 cm³/mol. The maximum Gasteiger partial charge on any atom is 0.326 e. The molecule has 1 aromatic rings. The lowest BCUT2D eigenvalue weighted by Gasteiger charge is -2.24. The summed E-state index contributed by atoms with van der Waals surface area (Å²) in [7, 11) is 0. The molecule has 1 saturated heterocycles. The van der Waals surface area contributed by atoms with Crippen molar-refractivity contribution in [3.63, 3.8) is 0 Å². The van der Waals surface area contributed by atoms with E-state index in [-0.39, 0.29) is 24.3 Å². The normalized spacial score (nSPS) is 19.0. The SMILES string of the molecule is CC(NC(=O)C1CCCN1)C(=O)NC(Cc1cnc[nH]1)C(=O)NC(C(=O)O)C(C)C. The molecule has 0 aromatic carbocycles. The third-order valence-corrected chi connectivity index (χ3v) is 4.97. The van der Waals surface area contributed by atoms with E-state index in [0.29, 0.717) is 12.1 Å². The van der Waals surface area contributed by atoms with Crippen LogP contribution in [0, 0.1) is 5.92 Å². The van der Waals surface area contributed by atoms with Gasteiger partial charge in [-0.05, 0) is 32.2 Å². The van der Waals surface area contributed by atoms with Crippen LogP contribution in [0.25, 0.3) is 0 Å². The van der Waals surface area contributed by atoms with Crippen molar-refractivity contribution >= 4 is 23.7 Å². The molecular formula is C19H30N6O5. The molecule has 30 heavy (non-hydrogen) atoms. The average Bonchev–Trinajstić information content (AvgIpc) is 3.38. The highest BCUT2D eigenvalue weighted by atomic mass is 16.4. The molecule has 11 nitrogen and oxygen atoms in total. The average molecular weight is 422 g/mol. The molecule has 11 heteroatoms. The van der Waals surface area contributed by atoms with Crippen LogP contribution in [-0.2, 0) is 25.6 Å². The summed E-state index contributed by atoms with van der Waals surface area (Å²) in [4.78, 5) is 55.8. The third-order valence-electron chi connectivity index (χ3n) is 4.97. The first-order valence-corrected chi connectivity index (χ1v) is 10.0. The quantitative estimate of drug-likeness (QED) is 0.279. The second-order valence-electron chi connectivity index (χ2n) is 7.79. The van der Waals surface area contributed by atoms with Crippen LogP contribution in [-0.4, -0.2) is 69.5 Å². The Balaban J connectivity index is 2.04. The highest BCUT2D eigenvalue weighted by molar-refractivity contribution is 5.94. The summed E-state index contributed by atoms with van der Waals surface area (Å²) in [6, 6.07) is -3.32. The number of carboxylic acid groups (broad SMARTS) is 1. The lowest BCUT2D eigenvalue weighted by Crippen LogP contribution is -2.57. The van der Waals surface area contributed by atoms with E-state index in [1.165, 1.54) is 19.4 Å². The van der Waals surface area contributed by atoms with Gasteiger partial charge in [0, 0.05) is 18.3 Å². The summed E-state index contributed by atoms with van der Waals surface area (Å²) in [6.07, 6.45) is 4.65. The van der Waals surface area contributed by atoms with Gasteiger partial charge in [-0.25, -0.2) is 9.78 Å². The number of rotatable bonds is 10. The van der Waals surface area contributed by atoms with Crippen LogP contribution < -0.4 is 21.3 Å². The fraction of sp³-hybridized carbons (Fsp3) is 0.632. The molecule has 1 aromatic heterocycles. The molecule has 0 spiro atoms. The van der Waals surface area contributed by atoms with Crippen LogP contribution in [0.1, 0.15) is 39.3 Å². The number of aromatic amines is 1. The van der Waals surface area contributed by atoms with Crippen LogP contribution in [0.4, 0.5) is 0 Å². The van der Waals surface area contributed by atoms with Gasteiger partial charge in [-0.1, -0.05) is 13.8 Å². The van der Waals surface area contributed by atoms with Gasteiger partial charge in [0.05, 0.1) is 12.4 Å². The Bertz CT molecular complexity index is 745. The number of aromatic nitrogens is 2. The molecule has 0 radical (unpaired) electrons. The smallest absolute Gasteiger partial charge is 0.326 e. The van der Waals surface area contributed by atoms with Crippen molar-refractivity contribution < 1.29 is 24.3 Å². The van der Waals surface area contributed by atoms with E-state index >= 15 is 0 Å². The maximum atomic E-state index is 12.8. The number of amides is 3. The van der Waals surface area contributed by atoms with E-state index in [1.807, 2.05) is 0 Å². The van der Waals surface area contributed by atoms with Gasteiger partial charge < -0.3 is 31.4 Å². The van der Waals surface area contributed by atoms with Gasteiger partial charge in [-0.3, -0.25) is 14.4 Å². The number of hydrogen-bond donors (Lipinski definition) is 6. The number of carbonyl (C=O) groups excluding carboxylic acids is 3. The van der Waals surface area contributed by atoms with Crippen LogP contribution in [0.5, 0.6) is 0 Å². The highest BCUT2D eigenvalue weighted by Gasteiger charge is 2.31. The standard InChI is InChI=1S/C19H30N6O5/c1-10(2)15(19(29)30)25-18(28)14(7-12-8-20-9-22-12)24-16(26)11(3)23-17(27)13-5-4-6-21-13/h8-11,13-15,21H,4-7H2,1-3H3,(H,20,22)(H,23,27)(H,24,26)(H,25,28)(H,29,30). The topological polar surface area (TPSA) is 165 Å². The number of carbonyl (C=O) groups is 4. The van der Waals surface area contributed by atoms with Crippen molar-refractivity contribution in [2.24, 2.45) is 5.92 Å². The molecule has 0 saturated carbocycles. The molecule has 0 bridgehead atoms. The summed E-state index contributed by atoms with van der Waals surface area (Å²) < 4.78 is 0. The van der Waals surface area contributed by atoms with E-state index in [4.69, 9.17) is 0 Å². The van der Waals surface area contributed by atoms with E-state index in [1.54, 1.807) is 13.8 Å². The van der Waals surface area contributed by atoms with Crippen molar-refractivity contribution in [1.82, 2.24) is 31.2 Å². The second kappa shape index (κ2) is 10.7. The van der Waals surface area contributed by atoms with Crippen molar-refractivity contribution in [1.29, 1.82) is 0 Å². The first-order valence-electron chi connectivity index (χ1n) is 10.0. The first kappa shape index (κ1) is 23.3. The van der Waals surface area contributed by atoms with Crippen molar-refractivity contribution in [2.75, 3.05) is 6.54 Å². The molecule has 4 atom stereocenters. The molecule has 0 aliphatic carbocycles. The minimum absolute atomic E-state index is 0.0901. The summed E-state index contributed by atoms with van der Waals surface area (Å²) in [5.74, 6) is -2.94. The Hall–Kier alpha value is -2.95. The van der Waals surface area contributed by atoms with Gasteiger partial charge in [0.1, 0.15) is 18.1 Å².